The second-order valence-corrected chi connectivity index (χ2v) is 23.3. The molecule has 4 aromatic heterocycles. The number of hydrogen-bond donors (Lipinski definition) is 0. The fourth-order valence-electron chi connectivity index (χ4n) is 13.3. The summed E-state index contributed by atoms with van der Waals surface area (Å²) < 4.78 is 16.8. The quantitative estimate of drug-likeness (QED) is 0.173. The molecule has 68 heavy (non-hydrogen) atoms. The van der Waals surface area contributed by atoms with Crippen molar-refractivity contribution < 1.29 is 8.83 Å². The number of furan rings is 2. The lowest BCUT2D eigenvalue weighted by Crippen LogP contribution is -2.60. The number of nitrogens with zero attached hydrogens (tertiary/aromatic N) is 2. The molecule has 4 nitrogen and oxygen atoms in total. The second kappa shape index (κ2) is 13.0. The second-order valence-electron chi connectivity index (χ2n) is 21.2. The van der Waals surface area contributed by atoms with Crippen molar-refractivity contribution in [3.8, 4) is 0 Å². The van der Waals surface area contributed by atoms with E-state index >= 15 is 0 Å². The van der Waals surface area contributed by atoms with Gasteiger partial charge in [0.1, 0.15) is 22.2 Å². The summed E-state index contributed by atoms with van der Waals surface area (Å²) in [7, 11) is 0. The molecule has 3 unspecified atom stereocenters. The van der Waals surface area contributed by atoms with Crippen molar-refractivity contribution in [2.45, 2.75) is 75.8 Å². The third kappa shape index (κ3) is 4.80. The van der Waals surface area contributed by atoms with Crippen LogP contribution < -0.4 is 20.4 Å². The molecule has 11 aromatic rings. The molecular weight excluding hydrogens is 869 g/mol. The summed E-state index contributed by atoms with van der Waals surface area (Å²) in [5, 5.41) is 8.72. The summed E-state index contributed by atoms with van der Waals surface area (Å²) in [6, 6.07) is 51.9. The number of fused-ring (bicyclic) bond motifs is 18. The fraction of sp³-hybridized carbons (Fsp3) is 0.194. The smallest absolute Gasteiger partial charge is 0.135 e. The van der Waals surface area contributed by atoms with E-state index < -0.39 is 0 Å². The molecule has 2 aliphatic heterocycles. The van der Waals surface area contributed by atoms with Gasteiger partial charge in [0.25, 0.3) is 0 Å². The molecule has 15 rings (SSSR count). The van der Waals surface area contributed by atoms with Crippen LogP contribution in [0.25, 0.3) is 81.4 Å². The average Bonchev–Trinajstić information content (AvgIpc) is 4.11. The highest BCUT2D eigenvalue weighted by molar-refractivity contribution is 7.26. The Labute approximate surface area is 402 Å². The van der Waals surface area contributed by atoms with Crippen molar-refractivity contribution in [2.75, 3.05) is 9.80 Å². The van der Waals surface area contributed by atoms with E-state index in [2.05, 4.69) is 215 Å². The molecule has 2 aliphatic carbocycles. The van der Waals surface area contributed by atoms with Gasteiger partial charge in [0.15, 0.2) is 0 Å². The van der Waals surface area contributed by atoms with Gasteiger partial charge in [0.2, 0.25) is 0 Å². The first-order valence-corrected chi connectivity index (χ1v) is 25.6. The van der Waals surface area contributed by atoms with Crippen LogP contribution in [0.3, 0.4) is 0 Å². The molecule has 0 fully saturated rings. The summed E-state index contributed by atoms with van der Waals surface area (Å²) in [6.07, 6.45) is 10.6. The topological polar surface area (TPSA) is 32.8 Å². The van der Waals surface area contributed by atoms with E-state index in [1.165, 1.54) is 90.7 Å². The molecule has 0 N–H and O–H groups in total. The van der Waals surface area contributed by atoms with Crippen molar-refractivity contribution in [3.05, 3.63) is 183 Å². The SMILES string of the molecule is CC1(C)c2ccccc2N(C2(C)C=c3c(oc4ccccc34)=CC2)c2ccc3c(sc4cc5c6c(sc5cc43)C3(C)C(C=C6)N(c4ccc5oc6ccccc6c5c4)c4ccccc4C3(C)C)c21. The minimum absolute atomic E-state index is 0.0878. The lowest BCUT2D eigenvalue weighted by molar-refractivity contribution is 0.239. The van der Waals surface area contributed by atoms with Crippen molar-refractivity contribution in [1.29, 1.82) is 0 Å². The summed E-state index contributed by atoms with van der Waals surface area (Å²) in [4.78, 5) is 6.73. The summed E-state index contributed by atoms with van der Waals surface area (Å²) in [6.45, 7) is 14.8. The molecule has 330 valence electrons. The summed E-state index contributed by atoms with van der Waals surface area (Å²) >= 11 is 3.99. The molecule has 6 heteroatoms. The zero-order valence-electron chi connectivity index (χ0n) is 38.9. The number of benzene rings is 7. The van der Waals surface area contributed by atoms with Gasteiger partial charge in [-0.2, -0.15) is 0 Å². The van der Waals surface area contributed by atoms with Crippen molar-refractivity contribution in [3.63, 3.8) is 0 Å². The Morgan fingerprint density at radius 3 is 2.10 bits per heavy atom. The van der Waals surface area contributed by atoms with Gasteiger partial charge in [-0.1, -0.05) is 126 Å². The molecule has 3 atom stereocenters. The number of para-hydroxylation sites is 4. The minimum atomic E-state index is -0.323. The maximum Gasteiger partial charge on any atom is 0.135 e. The van der Waals surface area contributed by atoms with Crippen molar-refractivity contribution in [2.24, 2.45) is 0 Å². The Bertz CT molecular complexity index is 4210. The van der Waals surface area contributed by atoms with Crippen LogP contribution >= 0.6 is 22.7 Å². The van der Waals surface area contributed by atoms with E-state index in [9.17, 15) is 0 Å². The molecule has 0 saturated heterocycles. The molecule has 0 saturated carbocycles. The van der Waals surface area contributed by atoms with E-state index in [0.717, 1.165) is 39.4 Å². The Kier molecular flexibility index (Phi) is 7.49. The highest BCUT2D eigenvalue weighted by atomic mass is 32.1. The van der Waals surface area contributed by atoms with Gasteiger partial charge in [0.05, 0.1) is 11.6 Å². The van der Waals surface area contributed by atoms with Crippen LogP contribution in [0.5, 0.6) is 0 Å². The largest absolute Gasteiger partial charge is 0.456 e. The third-order valence-electron chi connectivity index (χ3n) is 17.0. The van der Waals surface area contributed by atoms with Gasteiger partial charge in [-0.05, 0) is 103 Å². The van der Waals surface area contributed by atoms with E-state index in [4.69, 9.17) is 8.83 Å². The molecule has 4 aliphatic rings. The maximum atomic E-state index is 6.38. The van der Waals surface area contributed by atoms with E-state index in [1.54, 1.807) is 0 Å². The third-order valence-corrected chi connectivity index (χ3v) is 19.6. The standard InChI is InChI=1S/C62H48N2O2S2/c1-59(2)44-17-9-12-20-47(44)64(61(5)30-29-52-43(34-61)37-16-8-14-22-50(37)66-52)48-26-24-38-41-32-54-42(33-53(41)67-57(38)56(48)59)39-25-28-55-62(6,58(39)68-54)60(3,4)45-18-10-11-19-46(45)63(55)35-23-27-51-40(31-35)36-15-7-13-21-49(36)65-51/h7-29,31-34,55H,30H2,1-6H3. The van der Waals surface area contributed by atoms with E-state index in [-0.39, 0.29) is 27.8 Å². The molecule has 0 radical (unpaired) electrons. The van der Waals surface area contributed by atoms with Gasteiger partial charge in [-0.15, -0.1) is 22.7 Å². The van der Waals surface area contributed by atoms with E-state index in [0.29, 0.717) is 0 Å². The average molecular weight is 917 g/mol. The van der Waals surface area contributed by atoms with Crippen LogP contribution in [0.1, 0.15) is 75.1 Å². The number of hydrogen-bond acceptors (Lipinski definition) is 6. The van der Waals surface area contributed by atoms with Gasteiger partial charge in [0, 0.05) is 101 Å². The van der Waals surface area contributed by atoms with Crippen LogP contribution in [0.15, 0.2) is 154 Å². The van der Waals surface area contributed by atoms with Crippen LogP contribution in [0, 0.1) is 0 Å². The molecular formula is C62H48N2O2S2. The van der Waals surface area contributed by atoms with Gasteiger partial charge in [-0.3, -0.25) is 0 Å². The molecule has 6 heterocycles. The first kappa shape index (κ1) is 39.2. The summed E-state index contributed by atoms with van der Waals surface area (Å²) in [5.74, 6) is 0. The van der Waals surface area contributed by atoms with Gasteiger partial charge in [-0.25, -0.2) is 0 Å². The highest BCUT2D eigenvalue weighted by Crippen LogP contribution is 2.62. The van der Waals surface area contributed by atoms with Gasteiger partial charge >= 0.3 is 0 Å². The predicted octanol–water partition coefficient (Wildman–Crippen LogP) is 15.9. The monoisotopic (exact) mass is 916 g/mol. The van der Waals surface area contributed by atoms with E-state index in [1.807, 2.05) is 22.7 Å². The number of thiophene rings is 2. The van der Waals surface area contributed by atoms with Crippen LogP contribution in [-0.2, 0) is 16.2 Å². The zero-order chi connectivity index (χ0) is 45.6. The Morgan fingerprint density at radius 1 is 0.574 bits per heavy atom. The zero-order valence-corrected chi connectivity index (χ0v) is 40.5. The molecule has 0 amide bonds. The highest BCUT2D eigenvalue weighted by Gasteiger charge is 2.58. The molecule has 0 bridgehead atoms. The van der Waals surface area contributed by atoms with Crippen LogP contribution in [0.4, 0.5) is 22.7 Å². The van der Waals surface area contributed by atoms with Crippen LogP contribution in [0.2, 0.25) is 0 Å². The van der Waals surface area contributed by atoms with Crippen molar-refractivity contribution in [1.82, 2.24) is 0 Å². The first-order chi connectivity index (χ1) is 32.9. The molecule has 0 spiro atoms. The normalized spacial score (nSPS) is 21.9. The minimum Gasteiger partial charge on any atom is -0.456 e. The number of rotatable bonds is 2. The Balaban J connectivity index is 0.908. The van der Waals surface area contributed by atoms with Gasteiger partial charge < -0.3 is 18.6 Å². The molecule has 7 aromatic carbocycles. The maximum absolute atomic E-state index is 6.38. The number of anilines is 4. The Morgan fingerprint density at radius 2 is 1.26 bits per heavy atom. The summed E-state index contributed by atoms with van der Waals surface area (Å²) in [5.41, 5.74) is 13.4. The first-order valence-electron chi connectivity index (χ1n) is 24.0. The Hall–Kier alpha value is -6.86. The predicted molar refractivity (Wildman–Crippen MR) is 288 cm³/mol. The van der Waals surface area contributed by atoms with Crippen LogP contribution in [-0.4, -0.2) is 11.6 Å². The lowest BCUT2D eigenvalue weighted by atomic mass is 9.54. The fourth-order valence-corrected chi connectivity index (χ4v) is 16.3. The lowest BCUT2D eigenvalue weighted by Gasteiger charge is -2.58. The van der Waals surface area contributed by atoms with Crippen molar-refractivity contribution >= 4 is 127 Å².